The summed E-state index contributed by atoms with van der Waals surface area (Å²) in [6, 6.07) is 3.88. The van der Waals surface area contributed by atoms with Crippen LogP contribution in [0.3, 0.4) is 0 Å². The number of aromatic hydroxyl groups is 2. The molecule has 1 aliphatic carbocycles. The molecule has 2 rings (SSSR count). The van der Waals surface area contributed by atoms with Crippen molar-refractivity contribution in [1.29, 1.82) is 0 Å². The van der Waals surface area contributed by atoms with Crippen molar-refractivity contribution in [1.82, 2.24) is 5.32 Å². The van der Waals surface area contributed by atoms with Gasteiger partial charge >= 0.3 is 0 Å². The van der Waals surface area contributed by atoms with E-state index in [2.05, 4.69) is 5.32 Å². The van der Waals surface area contributed by atoms with Crippen LogP contribution in [0.25, 0.3) is 0 Å². The molecule has 6 heteroatoms. The third kappa shape index (κ3) is 3.64. The third-order valence-electron chi connectivity index (χ3n) is 3.97. The number of carbonyl (C=O) groups excluding carboxylic acids is 1. The van der Waals surface area contributed by atoms with E-state index in [1.807, 2.05) is 0 Å². The van der Waals surface area contributed by atoms with Gasteiger partial charge in [-0.25, -0.2) is 0 Å². The van der Waals surface area contributed by atoms with Crippen LogP contribution in [0.1, 0.15) is 42.5 Å². The van der Waals surface area contributed by atoms with E-state index in [1.165, 1.54) is 24.6 Å². The van der Waals surface area contributed by atoms with E-state index in [0.29, 0.717) is 0 Å². The lowest BCUT2D eigenvalue weighted by Crippen LogP contribution is -2.48. The maximum Gasteiger partial charge on any atom is 0.255 e. The molecular weight excluding hydrogens is 288 g/mol. The van der Waals surface area contributed by atoms with Gasteiger partial charge in [-0.3, -0.25) is 4.79 Å². The van der Waals surface area contributed by atoms with Gasteiger partial charge in [0.05, 0.1) is 16.6 Å². The number of nitrogens with one attached hydrogen (secondary N) is 1. The van der Waals surface area contributed by atoms with Crippen LogP contribution in [0.15, 0.2) is 18.2 Å². The van der Waals surface area contributed by atoms with E-state index < -0.39 is 11.7 Å². The number of rotatable bonds is 4. The molecule has 0 saturated heterocycles. The summed E-state index contributed by atoms with van der Waals surface area (Å²) in [7, 11) is 0. The zero-order chi connectivity index (χ0) is 15.4. The van der Waals surface area contributed by atoms with Crippen LogP contribution in [-0.4, -0.2) is 27.2 Å². The van der Waals surface area contributed by atoms with Gasteiger partial charge in [-0.2, -0.15) is 0 Å². The highest BCUT2D eigenvalue weighted by molar-refractivity contribution is 7.80. The van der Waals surface area contributed by atoms with Crippen LogP contribution >= 0.6 is 12.2 Å². The summed E-state index contributed by atoms with van der Waals surface area (Å²) in [4.78, 5) is 12.5. The van der Waals surface area contributed by atoms with E-state index in [0.717, 1.165) is 25.7 Å². The minimum atomic E-state index is -0.480. The number of hydrogen-bond acceptors (Lipinski definition) is 4. The minimum Gasteiger partial charge on any atom is -0.504 e. The smallest absolute Gasteiger partial charge is 0.255 e. The average molecular weight is 308 g/mol. The van der Waals surface area contributed by atoms with Gasteiger partial charge in [-0.1, -0.05) is 37.5 Å². The second kappa shape index (κ2) is 6.76. The molecule has 1 aromatic rings. The van der Waals surface area contributed by atoms with Crippen LogP contribution in [0.2, 0.25) is 0 Å². The largest absolute Gasteiger partial charge is 0.504 e. The topological polar surface area (TPSA) is 95.6 Å². The van der Waals surface area contributed by atoms with E-state index in [-0.39, 0.29) is 28.3 Å². The molecule has 114 valence electrons. The van der Waals surface area contributed by atoms with Gasteiger partial charge in [-0.15, -0.1) is 0 Å². The Hall–Kier alpha value is -1.82. The van der Waals surface area contributed by atoms with Gasteiger partial charge in [0.2, 0.25) is 0 Å². The number of phenolic OH excluding ortho intramolecular Hbond substituents is 2. The second-order valence-electron chi connectivity index (χ2n) is 5.42. The molecule has 1 fully saturated rings. The fourth-order valence-electron chi connectivity index (χ4n) is 2.82. The van der Waals surface area contributed by atoms with Crippen LogP contribution in [0.5, 0.6) is 11.5 Å². The Balaban J connectivity index is 2.14. The van der Waals surface area contributed by atoms with Gasteiger partial charge in [-0.05, 0) is 30.9 Å². The van der Waals surface area contributed by atoms with Crippen LogP contribution in [0.4, 0.5) is 0 Å². The Morgan fingerprint density at radius 3 is 2.57 bits per heavy atom. The summed E-state index contributed by atoms with van der Waals surface area (Å²) in [5.74, 6) is -1.00. The van der Waals surface area contributed by atoms with Crippen molar-refractivity contribution in [3.63, 3.8) is 0 Å². The van der Waals surface area contributed by atoms with E-state index in [1.54, 1.807) is 0 Å². The van der Waals surface area contributed by atoms with Crippen molar-refractivity contribution in [3.8, 4) is 11.5 Å². The molecule has 1 aliphatic rings. The summed E-state index contributed by atoms with van der Waals surface area (Å²) in [6.45, 7) is 0. The normalized spacial score (nSPS) is 17.1. The first-order valence-electron chi connectivity index (χ1n) is 7.12. The number of para-hydroxylation sites is 1. The molecule has 0 aliphatic heterocycles. The Morgan fingerprint density at radius 2 is 1.95 bits per heavy atom. The molecule has 0 radical (unpaired) electrons. The summed E-state index contributed by atoms with van der Waals surface area (Å²) >= 11 is 5.08. The highest BCUT2D eigenvalue weighted by Gasteiger charge is 2.28. The third-order valence-corrected chi connectivity index (χ3v) is 4.23. The number of nitrogens with two attached hydrogens (primary N) is 1. The summed E-state index contributed by atoms with van der Waals surface area (Å²) in [5, 5.41) is 22.0. The van der Waals surface area contributed by atoms with E-state index in [9.17, 15) is 15.0 Å². The van der Waals surface area contributed by atoms with Gasteiger partial charge in [0.15, 0.2) is 11.5 Å². The number of hydrogen-bond donors (Lipinski definition) is 4. The van der Waals surface area contributed by atoms with Crippen LogP contribution < -0.4 is 11.1 Å². The van der Waals surface area contributed by atoms with Gasteiger partial charge in [0, 0.05) is 0 Å². The van der Waals surface area contributed by atoms with Crippen LogP contribution in [0, 0.1) is 5.92 Å². The number of thiocarbonyl (C=S) groups is 1. The molecule has 0 heterocycles. The van der Waals surface area contributed by atoms with Crippen molar-refractivity contribution in [2.24, 2.45) is 11.7 Å². The predicted molar refractivity (Wildman–Crippen MR) is 84.4 cm³/mol. The maximum atomic E-state index is 12.3. The number of amides is 1. The highest BCUT2D eigenvalue weighted by atomic mass is 32.1. The number of benzene rings is 1. The molecule has 5 N–H and O–H groups in total. The predicted octanol–water partition coefficient (Wildman–Crippen LogP) is 2.06. The highest BCUT2D eigenvalue weighted by Crippen LogP contribution is 2.30. The Bertz CT molecular complexity index is 542. The Morgan fingerprint density at radius 1 is 1.29 bits per heavy atom. The molecule has 1 atom stereocenters. The minimum absolute atomic E-state index is 0.0204. The van der Waals surface area contributed by atoms with Crippen molar-refractivity contribution < 1.29 is 15.0 Å². The van der Waals surface area contributed by atoms with Crippen LogP contribution in [-0.2, 0) is 0 Å². The van der Waals surface area contributed by atoms with Crippen molar-refractivity contribution in [2.75, 3.05) is 0 Å². The first-order valence-corrected chi connectivity index (χ1v) is 7.52. The molecule has 1 unspecified atom stereocenters. The van der Waals surface area contributed by atoms with Gasteiger partial charge < -0.3 is 21.3 Å². The van der Waals surface area contributed by atoms with Crippen molar-refractivity contribution in [2.45, 2.75) is 38.1 Å². The zero-order valence-electron chi connectivity index (χ0n) is 11.7. The molecule has 0 bridgehead atoms. The first kappa shape index (κ1) is 15.6. The molecule has 1 amide bonds. The zero-order valence-corrected chi connectivity index (χ0v) is 12.5. The van der Waals surface area contributed by atoms with Crippen molar-refractivity contribution in [3.05, 3.63) is 23.8 Å². The fraction of sp³-hybridized carbons (Fsp3) is 0.467. The average Bonchev–Trinajstić information content (AvgIpc) is 2.48. The van der Waals surface area contributed by atoms with E-state index >= 15 is 0 Å². The first-order chi connectivity index (χ1) is 10.0. The lowest BCUT2D eigenvalue weighted by molar-refractivity contribution is 0.0928. The lowest BCUT2D eigenvalue weighted by atomic mass is 9.83. The molecule has 0 spiro atoms. The number of carbonyl (C=O) groups is 1. The summed E-state index contributed by atoms with van der Waals surface area (Å²) in [5.41, 5.74) is 5.79. The molecular formula is C15H20N2O3S. The number of phenols is 2. The second-order valence-corrected chi connectivity index (χ2v) is 5.90. The molecule has 1 saturated carbocycles. The molecule has 5 nitrogen and oxygen atoms in total. The lowest BCUT2D eigenvalue weighted by Gasteiger charge is -2.30. The standard InChI is InChI=1S/C15H20N2O3S/c16-14(21)12(9-5-2-1-3-6-9)17-15(20)10-7-4-8-11(18)13(10)19/h4,7-9,12,18-19H,1-3,5-6H2,(H2,16,21)(H,17,20). The van der Waals surface area contributed by atoms with Gasteiger partial charge in [0.25, 0.3) is 5.91 Å². The molecule has 1 aromatic carbocycles. The SMILES string of the molecule is NC(=S)C(NC(=O)c1cccc(O)c1O)C1CCCCC1. The molecule has 21 heavy (non-hydrogen) atoms. The van der Waals surface area contributed by atoms with Crippen molar-refractivity contribution >= 4 is 23.1 Å². The Kier molecular flexibility index (Phi) is 5.01. The quantitative estimate of drug-likeness (QED) is 0.504. The summed E-state index contributed by atoms with van der Waals surface area (Å²) < 4.78 is 0. The van der Waals surface area contributed by atoms with E-state index in [4.69, 9.17) is 18.0 Å². The maximum absolute atomic E-state index is 12.3. The molecule has 0 aromatic heterocycles. The summed E-state index contributed by atoms with van der Waals surface area (Å²) in [6.07, 6.45) is 5.37. The monoisotopic (exact) mass is 308 g/mol. The Labute approximate surface area is 129 Å². The van der Waals surface area contributed by atoms with Gasteiger partial charge in [0.1, 0.15) is 0 Å². The fourth-order valence-corrected chi connectivity index (χ4v) is 3.07.